The fourth-order valence-electron chi connectivity index (χ4n) is 2.26. The van der Waals surface area contributed by atoms with E-state index < -0.39 is 6.10 Å². The van der Waals surface area contributed by atoms with Crippen molar-refractivity contribution in [2.45, 2.75) is 47.0 Å². The van der Waals surface area contributed by atoms with Crippen LogP contribution in [0.2, 0.25) is 0 Å². The van der Waals surface area contributed by atoms with Crippen LogP contribution in [0.3, 0.4) is 0 Å². The first kappa shape index (κ1) is 16.0. The summed E-state index contributed by atoms with van der Waals surface area (Å²) in [5.74, 6) is 0.721. The molecule has 2 rings (SSSR count). The van der Waals surface area contributed by atoms with Crippen molar-refractivity contribution < 1.29 is 9.84 Å². The number of aryl methyl sites for hydroxylation is 3. The van der Waals surface area contributed by atoms with Crippen molar-refractivity contribution >= 4 is 15.9 Å². The molecule has 0 saturated carbocycles. The molecule has 0 bridgehead atoms. The average molecular weight is 353 g/mol. The number of benzene rings is 1. The van der Waals surface area contributed by atoms with E-state index in [1.165, 1.54) is 0 Å². The summed E-state index contributed by atoms with van der Waals surface area (Å²) in [5.41, 5.74) is 3.87. The zero-order valence-electron chi connectivity index (χ0n) is 12.9. The highest BCUT2D eigenvalue weighted by Crippen LogP contribution is 2.28. The Bertz CT molecular complexity index is 635. The Balaban J connectivity index is 2.26. The van der Waals surface area contributed by atoms with Gasteiger partial charge < -0.3 is 9.84 Å². The summed E-state index contributed by atoms with van der Waals surface area (Å²) in [6.45, 7) is 8.98. The van der Waals surface area contributed by atoms with Crippen LogP contribution in [0.25, 0.3) is 0 Å². The second-order valence-electron chi connectivity index (χ2n) is 5.17. The van der Waals surface area contributed by atoms with Crippen molar-refractivity contribution in [3.8, 4) is 5.75 Å². The molecule has 21 heavy (non-hydrogen) atoms. The summed E-state index contributed by atoms with van der Waals surface area (Å²) >= 11 is 3.56. The van der Waals surface area contributed by atoms with E-state index in [1.54, 1.807) is 6.92 Å². The Morgan fingerprint density at radius 3 is 2.71 bits per heavy atom. The lowest BCUT2D eigenvalue weighted by Gasteiger charge is -2.15. The van der Waals surface area contributed by atoms with Crippen LogP contribution in [0.1, 0.15) is 42.5 Å². The SMILES string of the molecule is CCn1nc(C)c(Br)c1COc1cc(C)ccc1[C@H](C)O. The number of hydrogen-bond acceptors (Lipinski definition) is 3. The van der Waals surface area contributed by atoms with Gasteiger partial charge in [0.2, 0.25) is 0 Å². The number of aromatic nitrogens is 2. The first-order valence-corrected chi connectivity index (χ1v) is 7.86. The van der Waals surface area contributed by atoms with Crippen molar-refractivity contribution in [2.24, 2.45) is 0 Å². The summed E-state index contributed by atoms with van der Waals surface area (Å²) in [5, 5.41) is 14.3. The average Bonchev–Trinajstić information content (AvgIpc) is 2.71. The zero-order chi connectivity index (χ0) is 15.6. The lowest BCUT2D eigenvalue weighted by molar-refractivity contribution is 0.189. The van der Waals surface area contributed by atoms with Gasteiger partial charge in [-0.25, -0.2) is 0 Å². The Morgan fingerprint density at radius 1 is 1.38 bits per heavy atom. The first-order chi connectivity index (χ1) is 9.93. The molecule has 0 saturated heterocycles. The van der Waals surface area contributed by atoms with Crippen LogP contribution in [0.5, 0.6) is 5.75 Å². The van der Waals surface area contributed by atoms with Gasteiger partial charge in [-0.15, -0.1) is 0 Å². The van der Waals surface area contributed by atoms with E-state index in [9.17, 15) is 5.11 Å². The fraction of sp³-hybridized carbons (Fsp3) is 0.438. The van der Waals surface area contributed by atoms with Crippen LogP contribution in [-0.4, -0.2) is 14.9 Å². The number of ether oxygens (including phenoxy) is 1. The van der Waals surface area contributed by atoms with E-state index in [1.807, 2.05) is 36.7 Å². The van der Waals surface area contributed by atoms with E-state index in [0.29, 0.717) is 6.61 Å². The van der Waals surface area contributed by atoms with Crippen LogP contribution in [0.15, 0.2) is 22.7 Å². The van der Waals surface area contributed by atoms with E-state index in [0.717, 1.165) is 39.3 Å². The normalized spacial score (nSPS) is 12.5. The summed E-state index contributed by atoms with van der Waals surface area (Å²) in [7, 11) is 0. The number of aliphatic hydroxyl groups excluding tert-OH is 1. The minimum Gasteiger partial charge on any atom is -0.487 e. The number of rotatable bonds is 5. The Morgan fingerprint density at radius 2 is 2.10 bits per heavy atom. The smallest absolute Gasteiger partial charge is 0.131 e. The molecule has 0 fully saturated rings. The summed E-state index contributed by atoms with van der Waals surface area (Å²) in [4.78, 5) is 0. The van der Waals surface area contributed by atoms with Gasteiger partial charge in [-0.2, -0.15) is 5.10 Å². The highest BCUT2D eigenvalue weighted by Gasteiger charge is 2.15. The molecular formula is C16H21BrN2O2. The van der Waals surface area contributed by atoms with Gasteiger partial charge in [0, 0.05) is 12.1 Å². The maximum Gasteiger partial charge on any atom is 0.131 e. The third kappa shape index (κ3) is 3.47. The summed E-state index contributed by atoms with van der Waals surface area (Å²) in [6.07, 6.45) is -0.554. The molecule has 1 atom stereocenters. The van der Waals surface area contributed by atoms with Gasteiger partial charge in [-0.05, 0) is 55.3 Å². The van der Waals surface area contributed by atoms with Gasteiger partial charge >= 0.3 is 0 Å². The van der Waals surface area contributed by atoms with E-state index >= 15 is 0 Å². The number of nitrogens with zero attached hydrogens (tertiary/aromatic N) is 2. The first-order valence-electron chi connectivity index (χ1n) is 7.07. The Kier molecular flexibility index (Phi) is 5.06. The number of aliphatic hydroxyl groups is 1. The van der Waals surface area contributed by atoms with Gasteiger partial charge in [0.05, 0.1) is 22.0 Å². The highest BCUT2D eigenvalue weighted by molar-refractivity contribution is 9.10. The molecule has 4 nitrogen and oxygen atoms in total. The molecule has 1 aromatic carbocycles. The molecule has 114 valence electrons. The summed E-state index contributed by atoms with van der Waals surface area (Å²) < 4.78 is 8.86. The molecule has 0 spiro atoms. The Hall–Kier alpha value is -1.33. The van der Waals surface area contributed by atoms with E-state index in [2.05, 4.69) is 28.0 Å². The maximum atomic E-state index is 9.85. The molecule has 0 aliphatic heterocycles. The second-order valence-corrected chi connectivity index (χ2v) is 5.96. The zero-order valence-corrected chi connectivity index (χ0v) is 14.4. The maximum absolute atomic E-state index is 9.85. The molecule has 1 N–H and O–H groups in total. The molecule has 0 amide bonds. The molecule has 0 unspecified atom stereocenters. The minimum absolute atomic E-state index is 0.415. The number of hydrogen-bond donors (Lipinski definition) is 1. The minimum atomic E-state index is -0.554. The fourth-order valence-corrected chi connectivity index (χ4v) is 2.66. The topological polar surface area (TPSA) is 47.3 Å². The summed E-state index contributed by atoms with van der Waals surface area (Å²) in [6, 6.07) is 5.84. The van der Waals surface area contributed by atoms with Gasteiger partial charge in [-0.1, -0.05) is 12.1 Å². The van der Waals surface area contributed by atoms with Gasteiger partial charge in [0.1, 0.15) is 12.4 Å². The van der Waals surface area contributed by atoms with E-state index in [4.69, 9.17) is 4.74 Å². The van der Waals surface area contributed by atoms with Crippen molar-refractivity contribution in [2.75, 3.05) is 0 Å². The molecule has 1 heterocycles. The molecular weight excluding hydrogens is 332 g/mol. The third-order valence-electron chi connectivity index (χ3n) is 3.44. The standard InChI is InChI=1S/C16H21BrN2O2/c1-5-19-14(16(17)11(3)18-19)9-21-15-8-10(2)6-7-13(15)12(4)20/h6-8,12,20H,5,9H2,1-4H3/t12-/m0/s1. The van der Waals surface area contributed by atoms with Gasteiger partial charge in [0.15, 0.2) is 0 Å². The van der Waals surface area contributed by atoms with Crippen molar-refractivity contribution in [1.82, 2.24) is 9.78 Å². The van der Waals surface area contributed by atoms with Crippen LogP contribution in [0.4, 0.5) is 0 Å². The van der Waals surface area contributed by atoms with Crippen molar-refractivity contribution in [3.05, 3.63) is 45.2 Å². The molecule has 5 heteroatoms. The molecule has 0 aliphatic carbocycles. The number of halogens is 1. The molecule has 1 aromatic heterocycles. The predicted octanol–water partition coefficient (Wildman–Crippen LogP) is 3.91. The molecule has 0 radical (unpaired) electrons. The lowest BCUT2D eigenvalue weighted by atomic mass is 10.1. The van der Waals surface area contributed by atoms with Crippen LogP contribution in [-0.2, 0) is 13.2 Å². The van der Waals surface area contributed by atoms with Crippen LogP contribution < -0.4 is 4.74 Å². The van der Waals surface area contributed by atoms with Crippen LogP contribution >= 0.6 is 15.9 Å². The Labute approximate surface area is 133 Å². The predicted molar refractivity (Wildman–Crippen MR) is 86.5 cm³/mol. The monoisotopic (exact) mass is 352 g/mol. The van der Waals surface area contributed by atoms with Gasteiger partial charge in [0.25, 0.3) is 0 Å². The van der Waals surface area contributed by atoms with Crippen molar-refractivity contribution in [1.29, 1.82) is 0 Å². The third-order valence-corrected chi connectivity index (χ3v) is 4.47. The highest BCUT2D eigenvalue weighted by atomic mass is 79.9. The van der Waals surface area contributed by atoms with Crippen LogP contribution in [0, 0.1) is 13.8 Å². The molecule has 2 aromatic rings. The van der Waals surface area contributed by atoms with Gasteiger partial charge in [-0.3, -0.25) is 4.68 Å². The lowest BCUT2D eigenvalue weighted by Crippen LogP contribution is -2.08. The second kappa shape index (κ2) is 6.62. The largest absolute Gasteiger partial charge is 0.487 e. The quantitative estimate of drug-likeness (QED) is 0.887. The van der Waals surface area contributed by atoms with E-state index in [-0.39, 0.29) is 0 Å². The molecule has 0 aliphatic rings. The van der Waals surface area contributed by atoms with Crippen molar-refractivity contribution in [3.63, 3.8) is 0 Å².